The maximum atomic E-state index is 11.7. The van der Waals surface area contributed by atoms with E-state index in [0.717, 1.165) is 37.8 Å². The van der Waals surface area contributed by atoms with Crippen LogP contribution in [0.1, 0.15) is 39.5 Å². The van der Waals surface area contributed by atoms with Gasteiger partial charge in [0.25, 0.3) is 0 Å². The lowest BCUT2D eigenvalue weighted by Gasteiger charge is -2.30. The van der Waals surface area contributed by atoms with Gasteiger partial charge in [-0.3, -0.25) is 4.99 Å². The Morgan fingerprint density at radius 3 is 2.31 bits per heavy atom. The summed E-state index contributed by atoms with van der Waals surface area (Å²) in [5, 5.41) is 6.57. The molecule has 0 aromatic rings. The number of piperidine rings is 1. The summed E-state index contributed by atoms with van der Waals surface area (Å²) in [5.41, 5.74) is 0. The Hall–Kier alpha value is -0.130. The molecule has 1 aliphatic rings. The first-order valence-corrected chi connectivity index (χ1v) is 11.1. The monoisotopic (exact) mass is 503 g/mol. The topological polar surface area (TPSA) is 77.0 Å². The van der Waals surface area contributed by atoms with E-state index in [2.05, 4.69) is 27.4 Å². The molecule has 0 spiro atoms. The molecule has 0 aliphatic carbocycles. The third-order valence-corrected chi connectivity index (χ3v) is 6.69. The predicted octanol–water partition coefficient (Wildman–Crippen LogP) is 1.56. The van der Waals surface area contributed by atoms with Crippen LogP contribution >= 0.6 is 24.0 Å². The Morgan fingerprint density at radius 2 is 1.77 bits per heavy atom. The number of nitrogens with zero attached hydrogens (tertiary/aromatic N) is 3. The number of nitrogens with one attached hydrogen (secondary N) is 2. The van der Waals surface area contributed by atoms with Gasteiger partial charge in [0, 0.05) is 33.7 Å². The van der Waals surface area contributed by atoms with Crippen molar-refractivity contribution in [3.63, 3.8) is 0 Å². The second-order valence-corrected chi connectivity index (χ2v) is 9.24. The van der Waals surface area contributed by atoms with Crippen LogP contribution in [0.3, 0.4) is 0 Å². The van der Waals surface area contributed by atoms with Crippen molar-refractivity contribution in [3.05, 3.63) is 0 Å². The Kier molecular flexibility index (Phi) is 13.9. The van der Waals surface area contributed by atoms with Crippen molar-refractivity contribution in [2.75, 3.05) is 59.1 Å². The number of halogens is 1. The SMILES string of the molecule is CCS(=O)(=O)N(C)CCCNC(=NC)NCCCN1CCC(C)CC1.I. The third kappa shape index (κ3) is 10.3. The fourth-order valence-corrected chi connectivity index (χ4v) is 3.73. The number of hydrogen-bond donors (Lipinski definition) is 2. The number of guanidine groups is 1. The van der Waals surface area contributed by atoms with Gasteiger partial charge >= 0.3 is 0 Å². The second kappa shape index (κ2) is 14.0. The van der Waals surface area contributed by atoms with Gasteiger partial charge in [-0.1, -0.05) is 6.92 Å². The summed E-state index contributed by atoms with van der Waals surface area (Å²) in [4.78, 5) is 6.76. The van der Waals surface area contributed by atoms with Crippen molar-refractivity contribution >= 4 is 40.0 Å². The lowest BCUT2D eigenvalue weighted by Crippen LogP contribution is -2.40. The highest BCUT2D eigenvalue weighted by Crippen LogP contribution is 2.15. The van der Waals surface area contributed by atoms with Crippen molar-refractivity contribution in [2.24, 2.45) is 10.9 Å². The second-order valence-electron chi connectivity index (χ2n) is 6.88. The summed E-state index contributed by atoms with van der Waals surface area (Å²) in [6.45, 7) is 9.71. The van der Waals surface area contributed by atoms with Crippen LogP contribution in [0.4, 0.5) is 0 Å². The number of likely N-dealkylation sites (tertiary alicyclic amines) is 1. The van der Waals surface area contributed by atoms with Gasteiger partial charge in [-0.05, 0) is 58.2 Å². The van der Waals surface area contributed by atoms with Crippen LogP contribution in [0.25, 0.3) is 0 Å². The van der Waals surface area contributed by atoms with Crippen LogP contribution in [-0.4, -0.2) is 82.7 Å². The van der Waals surface area contributed by atoms with E-state index >= 15 is 0 Å². The smallest absolute Gasteiger partial charge is 0.213 e. The van der Waals surface area contributed by atoms with Crippen molar-refractivity contribution in [3.8, 4) is 0 Å². The van der Waals surface area contributed by atoms with E-state index < -0.39 is 10.0 Å². The minimum Gasteiger partial charge on any atom is -0.356 e. The molecule has 0 atom stereocenters. The maximum absolute atomic E-state index is 11.7. The van der Waals surface area contributed by atoms with E-state index in [4.69, 9.17) is 0 Å². The van der Waals surface area contributed by atoms with Crippen LogP contribution in [0, 0.1) is 5.92 Å². The van der Waals surface area contributed by atoms with Crippen molar-refractivity contribution in [2.45, 2.75) is 39.5 Å². The lowest BCUT2D eigenvalue weighted by atomic mass is 9.99. The summed E-state index contributed by atoms with van der Waals surface area (Å²) in [7, 11) is 0.310. The molecule has 1 fully saturated rings. The summed E-state index contributed by atoms with van der Waals surface area (Å²) in [6, 6.07) is 0. The highest BCUT2D eigenvalue weighted by molar-refractivity contribution is 14.0. The van der Waals surface area contributed by atoms with E-state index in [9.17, 15) is 8.42 Å². The summed E-state index contributed by atoms with van der Waals surface area (Å²) in [5.74, 6) is 1.81. The number of aliphatic imine (C=N–C) groups is 1. The standard InChI is InChI=1S/C17H37N5O2S.HI/c1-5-25(23,24)21(4)12-6-10-19-17(18-3)20-11-7-13-22-14-8-16(2)9-15-22;/h16H,5-15H2,1-4H3,(H2,18,19,20);1H. The molecular formula is C17H38IN5O2S. The molecule has 0 amide bonds. The minimum absolute atomic E-state index is 0. The molecule has 26 heavy (non-hydrogen) atoms. The fourth-order valence-electron chi connectivity index (χ4n) is 2.88. The molecule has 0 bridgehead atoms. The van der Waals surface area contributed by atoms with E-state index in [0.29, 0.717) is 13.1 Å². The lowest BCUT2D eigenvalue weighted by molar-refractivity contribution is 0.191. The van der Waals surface area contributed by atoms with Gasteiger partial charge in [0.05, 0.1) is 5.75 Å². The zero-order valence-corrected chi connectivity index (χ0v) is 20.0. The van der Waals surface area contributed by atoms with Gasteiger partial charge in [-0.25, -0.2) is 12.7 Å². The highest BCUT2D eigenvalue weighted by Gasteiger charge is 2.15. The summed E-state index contributed by atoms with van der Waals surface area (Å²) >= 11 is 0. The number of sulfonamides is 1. The average molecular weight is 503 g/mol. The molecule has 1 aliphatic heterocycles. The van der Waals surface area contributed by atoms with Crippen molar-refractivity contribution in [1.82, 2.24) is 19.8 Å². The molecular weight excluding hydrogens is 465 g/mol. The quantitative estimate of drug-likeness (QED) is 0.205. The molecule has 1 rings (SSSR count). The van der Waals surface area contributed by atoms with Gasteiger partial charge in [-0.15, -0.1) is 24.0 Å². The van der Waals surface area contributed by atoms with Gasteiger partial charge in [0.2, 0.25) is 10.0 Å². The molecule has 0 saturated carbocycles. The van der Waals surface area contributed by atoms with Crippen LogP contribution in [-0.2, 0) is 10.0 Å². The van der Waals surface area contributed by atoms with Gasteiger partial charge in [0.15, 0.2) is 5.96 Å². The van der Waals surface area contributed by atoms with Crippen LogP contribution < -0.4 is 10.6 Å². The number of rotatable bonds is 10. The molecule has 0 aromatic heterocycles. The maximum Gasteiger partial charge on any atom is 0.213 e. The van der Waals surface area contributed by atoms with E-state index in [1.165, 1.54) is 30.2 Å². The normalized spacial score (nSPS) is 17.2. The zero-order chi connectivity index (χ0) is 18.7. The van der Waals surface area contributed by atoms with E-state index in [-0.39, 0.29) is 29.7 Å². The van der Waals surface area contributed by atoms with Gasteiger partial charge < -0.3 is 15.5 Å². The van der Waals surface area contributed by atoms with Crippen LogP contribution in [0.2, 0.25) is 0 Å². The Balaban J connectivity index is 0.00000625. The van der Waals surface area contributed by atoms with Crippen molar-refractivity contribution in [1.29, 1.82) is 0 Å². The van der Waals surface area contributed by atoms with Crippen LogP contribution in [0.5, 0.6) is 0 Å². The molecule has 1 heterocycles. The molecule has 0 unspecified atom stereocenters. The van der Waals surface area contributed by atoms with Crippen molar-refractivity contribution < 1.29 is 8.42 Å². The minimum atomic E-state index is -3.08. The summed E-state index contributed by atoms with van der Waals surface area (Å²) < 4.78 is 24.8. The molecule has 7 nitrogen and oxygen atoms in total. The Labute approximate surface area is 177 Å². The fraction of sp³-hybridized carbons (Fsp3) is 0.941. The molecule has 0 aromatic carbocycles. The Bertz CT molecular complexity index is 493. The van der Waals surface area contributed by atoms with Crippen LogP contribution in [0.15, 0.2) is 4.99 Å². The third-order valence-electron chi connectivity index (χ3n) is 4.83. The number of hydrogen-bond acceptors (Lipinski definition) is 4. The molecule has 156 valence electrons. The molecule has 2 N–H and O–H groups in total. The average Bonchev–Trinajstić information content (AvgIpc) is 2.61. The van der Waals surface area contributed by atoms with E-state index in [1.54, 1.807) is 21.0 Å². The summed E-state index contributed by atoms with van der Waals surface area (Å²) in [6.07, 6.45) is 4.49. The first kappa shape index (κ1) is 25.9. The van der Waals surface area contributed by atoms with E-state index in [1.807, 2.05) is 0 Å². The highest BCUT2D eigenvalue weighted by atomic mass is 127. The largest absolute Gasteiger partial charge is 0.356 e. The molecule has 9 heteroatoms. The first-order valence-electron chi connectivity index (χ1n) is 9.50. The molecule has 1 saturated heterocycles. The van der Waals surface area contributed by atoms with Gasteiger partial charge in [0.1, 0.15) is 0 Å². The first-order chi connectivity index (χ1) is 11.9. The Morgan fingerprint density at radius 1 is 1.19 bits per heavy atom. The molecule has 0 radical (unpaired) electrons. The van der Waals surface area contributed by atoms with Gasteiger partial charge in [-0.2, -0.15) is 0 Å². The predicted molar refractivity (Wildman–Crippen MR) is 121 cm³/mol. The zero-order valence-electron chi connectivity index (χ0n) is 16.8.